The minimum atomic E-state index is -5.26. The number of hydrogen-bond donors (Lipinski definition) is 4. The van der Waals surface area contributed by atoms with Crippen LogP contribution in [0.5, 0.6) is 5.75 Å². The largest absolute Gasteiger partial charge is 0.724 e. The van der Waals surface area contributed by atoms with E-state index in [9.17, 15) is 32.5 Å². The first-order valence-electron chi connectivity index (χ1n) is 14.0. The quantitative estimate of drug-likeness (QED) is 0.0457. The van der Waals surface area contributed by atoms with Crippen LogP contribution in [0.4, 0.5) is 5.13 Å². The highest BCUT2D eigenvalue weighted by molar-refractivity contribution is 7.80. The number of anilines is 1. The van der Waals surface area contributed by atoms with E-state index >= 15 is 0 Å². The first kappa shape index (κ1) is 33.0. The zero-order valence-electron chi connectivity index (χ0n) is 24.9. The van der Waals surface area contributed by atoms with Gasteiger partial charge in [-0.15, -0.1) is 16.0 Å². The lowest BCUT2D eigenvalue weighted by molar-refractivity contribution is -0.795. The van der Waals surface area contributed by atoms with Gasteiger partial charge in [0.05, 0.1) is 18.0 Å². The van der Waals surface area contributed by atoms with Crippen LogP contribution >= 0.6 is 11.3 Å². The molecular weight excluding hydrogens is 648 g/mol. The fraction of sp³-hybridized carbons (Fsp3) is 0.462. The van der Waals surface area contributed by atoms with Crippen molar-refractivity contribution in [3.8, 4) is 5.75 Å². The van der Waals surface area contributed by atoms with E-state index in [0.717, 1.165) is 48.2 Å². The number of hydrogen-bond acceptors (Lipinski definition) is 14. The molecule has 2 aliphatic rings. The molecule has 2 aromatic heterocycles. The van der Waals surface area contributed by atoms with Gasteiger partial charge in [-0.1, -0.05) is 5.16 Å². The Morgan fingerprint density at radius 3 is 2.67 bits per heavy atom. The van der Waals surface area contributed by atoms with Crippen LogP contribution in [0, 0.1) is 0 Å². The van der Waals surface area contributed by atoms with Gasteiger partial charge < -0.3 is 35.6 Å². The highest BCUT2D eigenvalue weighted by Crippen LogP contribution is 2.33. The number of nitrogens with two attached hydrogens (primary N) is 1. The normalized spacial score (nSPS) is 19.5. The zero-order valence-corrected chi connectivity index (χ0v) is 26.5. The average Bonchev–Trinajstić information content (AvgIpc) is 3.58. The molecule has 2 fully saturated rings. The molecule has 3 aromatic rings. The molecule has 248 valence electrons. The lowest BCUT2D eigenvalue weighted by Crippen LogP contribution is -2.76. The van der Waals surface area contributed by atoms with E-state index in [0.29, 0.717) is 16.9 Å². The van der Waals surface area contributed by atoms with Gasteiger partial charge in [-0.05, 0) is 32.0 Å². The number of aliphatic carboxylic acids is 1. The molecule has 2 aliphatic heterocycles. The Balaban J connectivity index is 1.30. The van der Waals surface area contributed by atoms with Gasteiger partial charge in [-0.25, -0.2) is 18.2 Å². The number of nitrogens with one attached hydrogen (secondary N) is 2. The molecule has 2 atom stereocenters. The van der Waals surface area contributed by atoms with E-state index in [1.807, 2.05) is 19.3 Å². The van der Waals surface area contributed by atoms with E-state index in [4.69, 9.17) is 15.3 Å². The van der Waals surface area contributed by atoms with Crippen LogP contribution in [0.1, 0.15) is 38.4 Å². The van der Waals surface area contributed by atoms with Crippen LogP contribution in [0.3, 0.4) is 0 Å². The lowest BCUT2D eigenvalue weighted by Gasteiger charge is -2.51. The van der Waals surface area contributed by atoms with E-state index in [-0.39, 0.29) is 10.8 Å². The third kappa shape index (κ3) is 6.89. The van der Waals surface area contributed by atoms with Crippen LogP contribution in [-0.2, 0) is 41.0 Å². The number of aromatic nitrogens is 3. The summed E-state index contributed by atoms with van der Waals surface area (Å²) in [5.41, 5.74) is 4.61. The number of aryl methyl sites for hydroxylation is 1. The second-order valence-corrected chi connectivity index (χ2v) is 13.0. The SMILES string of the molecule is Cn1c2ccc(OC[C@H](O/N=C(\C(=O)NC3C(=O)N(OS(=O)(=O)[O-])C3(C)C)c3csc(N)n3)C(=O)O)cc2c[n+]1C1CCNCC1. The number of fused-ring (bicyclic) bond motifs is 1. The number of nitrogen functional groups attached to an aromatic ring is 1. The molecule has 5 rings (SSSR count). The van der Waals surface area contributed by atoms with E-state index < -0.39 is 58.2 Å². The maximum absolute atomic E-state index is 13.2. The Bertz CT molecular complexity index is 1800. The molecule has 18 nitrogen and oxygen atoms in total. The van der Waals surface area contributed by atoms with Crippen LogP contribution in [0.2, 0.25) is 0 Å². The summed E-state index contributed by atoms with van der Waals surface area (Å²) >= 11 is 0.963. The molecule has 2 saturated heterocycles. The van der Waals surface area contributed by atoms with Crippen molar-refractivity contribution in [2.45, 2.75) is 50.4 Å². The van der Waals surface area contributed by atoms with Crippen molar-refractivity contribution in [3.63, 3.8) is 0 Å². The summed E-state index contributed by atoms with van der Waals surface area (Å²) in [6.45, 7) is 4.08. The molecule has 5 N–H and O–H groups in total. The summed E-state index contributed by atoms with van der Waals surface area (Å²) < 4.78 is 47.2. The smallest absolute Gasteiger partial charge is 0.351 e. The molecule has 1 unspecified atom stereocenters. The Morgan fingerprint density at radius 1 is 1.35 bits per heavy atom. The molecule has 4 heterocycles. The van der Waals surface area contributed by atoms with E-state index in [1.54, 1.807) is 12.1 Å². The minimum Gasteiger partial charge on any atom is -0.724 e. The highest BCUT2D eigenvalue weighted by atomic mass is 32.3. The zero-order chi connectivity index (χ0) is 33.4. The van der Waals surface area contributed by atoms with Crippen molar-refractivity contribution in [1.29, 1.82) is 0 Å². The number of carboxylic acids is 1. The van der Waals surface area contributed by atoms with Crippen LogP contribution < -0.4 is 25.8 Å². The van der Waals surface area contributed by atoms with Gasteiger partial charge in [0.25, 0.3) is 17.9 Å². The summed E-state index contributed by atoms with van der Waals surface area (Å²) in [5, 5.41) is 21.9. The van der Waals surface area contributed by atoms with Crippen molar-refractivity contribution in [3.05, 3.63) is 35.5 Å². The predicted molar refractivity (Wildman–Crippen MR) is 159 cm³/mol. The van der Waals surface area contributed by atoms with Crippen LogP contribution in [0.25, 0.3) is 10.9 Å². The topological polar surface area (TPSA) is 244 Å². The number of benzene rings is 1. The third-order valence-corrected chi connectivity index (χ3v) is 8.70. The molecule has 0 bridgehead atoms. The second-order valence-electron chi connectivity index (χ2n) is 11.2. The molecule has 20 heteroatoms. The number of carbonyl (C=O) groups is 3. The number of ether oxygens (including phenoxy) is 1. The first-order chi connectivity index (χ1) is 21.7. The molecule has 0 spiro atoms. The van der Waals surface area contributed by atoms with Crippen LogP contribution in [-0.4, -0.2) is 93.7 Å². The van der Waals surface area contributed by atoms with Gasteiger partial charge in [-0.3, -0.25) is 9.59 Å². The summed E-state index contributed by atoms with van der Waals surface area (Å²) in [6, 6.07) is 4.36. The average molecular weight is 681 g/mol. The van der Waals surface area contributed by atoms with Crippen molar-refractivity contribution in [2.24, 2.45) is 12.2 Å². The second kappa shape index (κ2) is 12.8. The molecule has 2 amide bonds. The number of thiazole rings is 1. The summed E-state index contributed by atoms with van der Waals surface area (Å²) in [4.78, 5) is 47.0. The Hall–Kier alpha value is -4.37. The lowest BCUT2D eigenvalue weighted by atomic mass is 9.84. The summed E-state index contributed by atoms with van der Waals surface area (Å²) in [7, 11) is -3.29. The van der Waals surface area contributed by atoms with Gasteiger partial charge in [-0.2, -0.15) is 14.0 Å². The van der Waals surface area contributed by atoms with Crippen molar-refractivity contribution >= 4 is 61.3 Å². The van der Waals surface area contributed by atoms with Crippen molar-refractivity contribution in [1.82, 2.24) is 25.4 Å². The maximum atomic E-state index is 13.2. The van der Waals surface area contributed by atoms with Gasteiger partial charge in [0.15, 0.2) is 16.9 Å². The standard InChI is InChI=1S/C26H32N8O10S2/c1-26(2)21(23(36)34(26)44-46(39,40)41)30-22(35)20(17-13-45-25(27)29-17)31-43-19(24(37)38)12-42-16-4-5-18-14(10-16)11-33(32(18)3)15-6-8-28-9-7-15/h4-5,10-11,13,15,19,21,28H,6-9,12H2,1-3H3,(H4-,27,29,30,35,37,38,39,40,41)/b31-20-/t19-,21?/m0/s1. The number of piperidine rings is 1. The Morgan fingerprint density at radius 2 is 2.07 bits per heavy atom. The van der Waals surface area contributed by atoms with E-state index in [1.165, 1.54) is 19.2 Å². The Kier molecular flexibility index (Phi) is 9.18. The maximum Gasteiger partial charge on any atom is 0.351 e. The minimum absolute atomic E-state index is 0.0617. The summed E-state index contributed by atoms with van der Waals surface area (Å²) in [5.74, 6) is -3.10. The number of nitrogens with zero attached hydrogens (tertiary/aromatic N) is 5. The molecular formula is C26H32N8O10S2. The van der Waals surface area contributed by atoms with Crippen LogP contribution in [0.15, 0.2) is 34.9 Å². The molecule has 0 radical (unpaired) electrons. The fourth-order valence-corrected chi connectivity index (χ4v) is 6.24. The van der Waals surface area contributed by atoms with Crippen molar-refractivity contribution < 1.29 is 51.0 Å². The molecule has 0 aliphatic carbocycles. The number of carbonyl (C=O) groups excluding carboxylic acids is 2. The predicted octanol–water partition coefficient (Wildman–Crippen LogP) is -0.821. The van der Waals surface area contributed by atoms with E-state index in [2.05, 4.69) is 34.4 Å². The van der Waals surface area contributed by atoms with Gasteiger partial charge in [0.2, 0.25) is 16.6 Å². The first-order valence-corrected chi connectivity index (χ1v) is 16.2. The molecule has 1 aromatic carbocycles. The number of hydroxylamine groups is 2. The number of oxime groups is 1. The highest BCUT2D eigenvalue weighted by Gasteiger charge is 2.57. The number of carboxylic acid groups (broad SMARTS) is 1. The fourth-order valence-electron chi connectivity index (χ4n) is 5.25. The van der Waals surface area contributed by atoms with Gasteiger partial charge in [0.1, 0.15) is 29.6 Å². The Labute approximate surface area is 266 Å². The summed E-state index contributed by atoms with van der Waals surface area (Å²) in [6.07, 6.45) is 2.35. The van der Waals surface area contributed by atoms with Crippen molar-refractivity contribution in [2.75, 3.05) is 25.4 Å². The monoisotopic (exact) mass is 680 g/mol. The number of rotatable bonds is 12. The molecule has 0 saturated carbocycles. The van der Waals surface area contributed by atoms with Gasteiger partial charge >= 0.3 is 5.97 Å². The number of amides is 2. The number of β-lactam (4-membered cyclic amide) rings is 1. The van der Waals surface area contributed by atoms with Gasteiger partial charge in [0, 0.05) is 31.3 Å². The third-order valence-electron chi connectivity index (χ3n) is 7.69. The molecule has 46 heavy (non-hydrogen) atoms.